The van der Waals surface area contributed by atoms with Crippen LogP contribution in [0.15, 0.2) is 0 Å². The highest BCUT2D eigenvalue weighted by Gasteiger charge is 2.50. The van der Waals surface area contributed by atoms with Gasteiger partial charge in [-0.2, -0.15) is 0 Å². The van der Waals surface area contributed by atoms with Crippen LogP contribution in [0.1, 0.15) is 32.1 Å². The molecule has 0 aromatic carbocycles. The van der Waals surface area contributed by atoms with E-state index >= 15 is 0 Å². The van der Waals surface area contributed by atoms with Crippen LogP contribution < -0.4 is 0 Å². The zero-order valence-corrected chi connectivity index (χ0v) is 8.49. The van der Waals surface area contributed by atoms with Crippen LogP contribution in [-0.4, -0.2) is 19.4 Å². The van der Waals surface area contributed by atoms with Crippen LogP contribution in [-0.2, 0) is 14.3 Å². The van der Waals surface area contributed by atoms with Crippen LogP contribution in [0.5, 0.6) is 0 Å². The summed E-state index contributed by atoms with van der Waals surface area (Å²) in [4.78, 5) is 22.3. The average Bonchev–Trinajstić information content (AvgIpc) is 2.42. The van der Waals surface area contributed by atoms with Crippen molar-refractivity contribution in [1.29, 1.82) is 0 Å². The molecule has 2 saturated carbocycles. The number of ether oxygens (including phenoxy) is 1. The Hall–Kier alpha value is -0.860. The van der Waals surface area contributed by atoms with Gasteiger partial charge in [-0.15, -0.1) is 0 Å². The molecule has 0 aliphatic heterocycles. The molecule has 2 rings (SSSR count). The molecule has 2 aliphatic rings. The van der Waals surface area contributed by atoms with Gasteiger partial charge in [-0.3, -0.25) is 4.79 Å². The van der Waals surface area contributed by atoms with Crippen LogP contribution >= 0.6 is 0 Å². The topological polar surface area (TPSA) is 43.4 Å². The van der Waals surface area contributed by atoms with E-state index in [1.165, 1.54) is 20.0 Å². The summed E-state index contributed by atoms with van der Waals surface area (Å²) >= 11 is 0. The van der Waals surface area contributed by atoms with E-state index in [0.29, 0.717) is 11.8 Å². The predicted octanol–water partition coefficient (Wildman–Crippen LogP) is 1.55. The third kappa shape index (κ3) is 1.45. The van der Waals surface area contributed by atoms with Gasteiger partial charge in [-0.25, -0.2) is 0 Å². The maximum absolute atomic E-state index is 11.2. The summed E-state index contributed by atoms with van der Waals surface area (Å²) < 4.78 is 4.63. The Morgan fingerprint density at radius 2 is 2.00 bits per heavy atom. The van der Waals surface area contributed by atoms with Gasteiger partial charge in [0, 0.05) is 5.41 Å². The molecule has 0 radical (unpaired) electrons. The van der Waals surface area contributed by atoms with Gasteiger partial charge in [0.05, 0.1) is 13.5 Å². The normalized spacial score (nSPS) is 39.8. The van der Waals surface area contributed by atoms with Crippen molar-refractivity contribution in [2.24, 2.45) is 17.3 Å². The summed E-state index contributed by atoms with van der Waals surface area (Å²) in [6.45, 7) is 0. The molecule has 0 unspecified atom stereocenters. The van der Waals surface area contributed by atoms with Crippen LogP contribution in [0.2, 0.25) is 0 Å². The summed E-state index contributed by atoms with van der Waals surface area (Å²) in [6, 6.07) is 0. The third-order valence-electron chi connectivity index (χ3n) is 3.89. The highest BCUT2D eigenvalue weighted by atomic mass is 16.5. The number of rotatable bonds is 3. The molecular weight excluding hydrogens is 180 g/mol. The monoisotopic (exact) mass is 196 g/mol. The fourth-order valence-electron chi connectivity index (χ4n) is 2.95. The van der Waals surface area contributed by atoms with E-state index in [2.05, 4.69) is 4.74 Å². The molecule has 3 nitrogen and oxygen atoms in total. The van der Waals surface area contributed by atoms with Gasteiger partial charge in [-0.1, -0.05) is 0 Å². The van der Waals surface area contributed by atoms with Crippen LogP contribution in [0.4, 0.5) is 0 Å². The van der Waals surface area contributed by atoms with Crippen molar-refractivity contribution < 1.29 is 14.3 Å². The van der Waals surface area contributed by atoms with Crippen LogP contribution in [0.3, 0.4) is 0 Å². The molecule has 78 valence electrons. The number of carbonyl (C=O) groups is 2. The molecule has 0 bridgehead atoms. The van der Waals surface area contributed by atoms with E-state index in [-0.39, 0.29) is 17.8 Å². The highest BCUT2D eigenvalue weighted by molar-refractivity contribution is 5.76. The van der Waals surface area contributed by atoms with Gasteiger partial charge in [0.15, 0.2) is 0 Å². The summed E-state index contributed by atoms with van der Waals surface area (Å²) in [5.41, 5.74) is -0.390. The van der Waals surface area contributed by atoms with Crippen molar-refractivity contribution in [3.63, 3.8) is 0 Å². The van der Waals surface area contributed by atoms with E-state index < -0.39 is 0 Å². The first-order valence-electron chi connectivity index (χ1n) is 5.22. The number of carbonyl (C=O) groups excluding carboxylic acids is 2. The number of hydrogen-bond acceptors (Lipinski definition) is 3. The molecule has 0 N–H and O–H groups in total. The van der Waals surface area contributed by atoms with E-state index in [1.807, 2.05) is 0 Å². The lowest BCUT2D eigenvalue weighted by atomic mass is 9.77. The molecular formula is C11H16O3. The molecule has 14 heavy (non-hydrogen) atoms. The van der Waals surface area contributed by atoms with E-state index in [1.54, 1.807) is 0 Å². The summed E-state index contributed by atoms with van der Waals surface area (Å²) in [6.07, 6.45) is 5.54. The van der Waals surface area contributed by atoms with Gasteiger partial charge in [-0.05, 0) is 37.5 Å². The first-order valence-corrected chi connectivity index (χ1v) is 5.22. The molecule has 0 aromatic heterocycles. The highest BCUT2D eigenvalue weighted by Crippen LogP contribution is 2.55. The molecule has 2 fully saturated rings. The first kappa shape index (κ1) is 9.69. The van der Waals surface area contributed by atoms with Crippen LogP contribution in [0, 0.1) is 17.3 Å². The van der Waals surface area contributed by atoms with Crippen molar-refractivity contribution in [3.8, 4) is 0 Å². The van der Waals surface area contributed by atoms with E-state index in [9.17, 15) is 9.59 Å². The SMILES string of the molecule is COC(=O)C[C@@]1(C=O)C[C@H]2CC[C@H]2C1. The number of hydrogen-bond donors (Lipinski definition) is 0. The number of aldehydes is 1. The third-order valence-corrected chi connectivity index (χ3v) is 3.89. The van der Waals surface area contributed by atoms with E-state index in [4.69, 9.17) is 0 Å². The lowest BCUT2D eigenvalue weighted by Gasteiger charge is -2.29. The second-order valence-corrected chi connectivity index (χ2v) is 4.74. The summed E-state index contributed by atoms with van der Waals surface area (Å²) in [7, 11) is 1.38. The lowest BCUT2D eigenvalue weighted by molar-refractivity contribution is -0.145. The van der Waals surface area contributed by atoms with Gasteiger partial charge < -0.3 is 9.53 Å². The predicted molar refractivity (Wildman–Crippen MR) is 50.6 cm³/mol. The van der Waals surface area contributed by atoms with Gasteiger partial charge in [0.1, 0.15) is 6.29 Å². The molecule has 0 heterocycles. The molecule has 3 atom stereocenters. The number of fused-ring (bicyclic) bond motifs is 1. The number of methoxy groups -OCH3 is 1. The minimum absolute atomic E-state index is 0.251. The quantitative estimate of drug-likeness (QED) is 0.508. The standard InChI is InChI=1S/C11H16O3/c1-14-10(13)6-11(7-12)4-8-2-3-9(8)5-11/h7-9H,2-6H2,1H3/t8-,9+,11-. The fraction of sp³-hybridized carbons (Fsp3) is 0.818. The zero-order chi connectivity index (χ0) is 10.2. The summed E-state index contributed by atoms with van der Waals surface area (Å²) in [5.74, 6) is 1.15. The minimum Gasteiger partial charge on any atom is -0.469 e. The average molecular weight is 196 g/mol. The van der Waals surface area contributed by atoms with Crippen molar-refractivity contribution in [2.75, 3.05) is 7.11 Å². The van der Waals surface area contributed by atoms with Gasteiger partial charge in [0.2, 0.25) is 0 Å². The number of esters is 1. The lowest BCUT2D eigenvalue weighted by Crippen LogP contribution is -2.23. The van der Waals surface area contributed by atoms with Crippen molar-refractivity contribution >= 4 is 12.3 Å². The Balaban J connectivity index is 2.03. The molecule has 0 saturated heterocycles. The van der Waals surface area contributed by atoms with Crippen molar-refractivity contribution in [3.05, 3.63) is 0 Å². The fourth-order valence-corrected chi connectivity index (χ4v) is 2.95. The summed E-state index contributed by atoms with van der Waals surface area (Å²) in [5, 5.41) is 0. The Bertz CT molecular complexity index is 247. The second-order valence-electron chi connectivity index (χ2n) is 4.74. The molecule has 3 heteroatoms. The zero-order valence-electron chi connectivity index (χ0n) is 8.49. The molecule has 2 aliphatic carbocycles. The Morgan fingerprint density at radius 3 is 2.36 bits per heavy atom. The Morgan fingerprint density at radius 1 is 1.43 bits per heavy atom. The molecule has 0 spiro atoms. The van der Waals surface area contributed by atoms with Gasteiger partial charge >= 0.3 is 5.97 Å². The molecule has 0 aromatic rings. The first-order chi connectivity index (χ1) is 6.69. The van der Waals surface area contributed by atoms with Crippen LogP contribution in [0.25, 0.3) is 0 Å². The maximum Gasteiger partial charge on any atom is 0.306 e. The molecule has 0 amide bonds. The second kappa shape index (κ2) is 3.37. The van der Waals surface area contributed by atoms with Crippen molar-refractivity contribution in [1.82, 2.24) is 0 Å². The Labute approximate surface area is 83.8 Å². The smallest absolute Gasteiger partial charge is 0.306 e. The van der Waals surface area contributed by atoms with E-state index in [0.717, 1.165) is 19.1 Å². The maximum atomic E-state index is 11.2. The van der Waals surface area contributed by atoms with Crippen molar-refractivity contribution in [2.45, 2.75) is 32.1 Å². The van der Waals surface area contributed by atoms with Gasteiger partial charge in [0.25, 0.3) is 0 Å². The minimum atomic E-state index is -0.390. The largest absolute Gasteiger partial charge is 0.469 e. The Kier molecular flexibility index (Phi) is 2.33.